The van der Waals surface area contributed by atoms with E-state index in [4.69, 9.17) is 4.74 Å². The molecule has 0 spiro atoms. The molecule has 1 saturated carbocycles. The van der Waals surface area contributed by atoms with Crippen LogP contribution in [-0.2, 0) is 0 Å². The largest absolute Gasteiger partial charge is 0.492 e. The Kier molecular flexibility index (Phi) is 4.61. The Morgan fingerprint density at radius 1 is 1.11 bits per heavy atom. The molecule has 0 amide bonds. The number of halogens is 1. The van der Waals surface area contributed by atoms with Gasteiger partial charge < -0.3 is 14.8 Å². The molecule has 0 radical (unpaired) electrons. The van der Waals surface area contributed by atoms with Crippen LogP contribution < -0.4 is 10.2 Å². The molecule has 1 aromatic rings. The minimum Gasteiger partial charge on any atom is -0.491 e. The van der Waals surface area contributed by atoms with E-state index in [0.29, 0.717) is 0 Å². The molecule has 1 fully saturated rings. The summed E-state index contributed by atoms with van der Waals surface area (Å²) >= 11 is 0. The van der Waals surface area contributed by atoms with Crippen molar-refractivity contribution in [3.63, 3.8) is 0 Å². The van der Waals surface area contributed by atoms with E-state index >= 15 is 0 Å². The second-order valence-electron chi connectivity index (χ2n) is 4.79. The number of benzene rings is 1. The Morgan fingerprint density at radius 3 is 2.39 bits per heavy atom. The lowest BCUT2D eigenvalue weighted by atomic mass is 9.79. The van der Waals surface area contributed by atoms with Gasteiger partial charge in [0, 0.05) is 11.5 Å². The van der Waals surface area contributed by atoms with Crippen LogP contribution in [0.3, 0.4) is 0 Å². The van der Waals surface area contributed by atoms with Gasteiger partial charge in [0.2, 0.25) is 0 Å². The SMILES string of the molecule is OB(O)c1ccc(F)cc1OC1CCCCCC1. The number of hydrogen-bond donors (Lipinski definition) is 2. The fourth-order valence-electron chi connectivity index (χ4n) is 2.36. The minimum atomic E-state index is -1.63. The molecule has 0 saturated heterocycles. The fourth-order valence-corrected chi connectivity index (χ4v) is 2.36. The van der Waals surface area contributed by atoms with Crippen LogP contribution in [0.5, 0.6) is 5.75 Å². The first-order valence-corrected chi connectivity index (χ1v) is 6.49. The van der Waals surface area contributed by atoms with Gasteiger partial charge in [-0.2, -0.15) is 0 Å². The molecule has 18 heavy (non-hydrogen) atoms. The Hall–Kier alpha value is -1.07. The lowest BCUT2D eigenvalue weighted by molar-refractivity contribution is 0.184. The molecule has 0 heterocycles. The summed E-state index contributed by atoms with van der Waals surface area (Å²) in [5, 5.41) is 18.5. The van der Waals surface area contributed by atoms with Gasteiger partial charge in [-0.25, -0.2) is 4.39 Å². The molecular weight excluding hydrogens is 234 g/mol. The van der Waals surface area contributed by atoms with E-state index < -0.39 is 12.9 Å². The highest BCUT2D eigenvalue weighted by atomic mass is 19.1. The zero-order valence-electron chi connectivity index (χ0n) is 10.3. The molecule has 1 aromatic carbocycles. The summed E-state index contributed by atoms with van der Waals surface area (Å²) in [5.41, 5.74) is 0.223. The zero-order valence-corrected chi connectivity index (χ0v) is 10.3. The third-order valence-electron chi connectivity index (χ3n) is 3.35. The van der Waals surface area contributed by atoms with Crippen molar-refractivity contribution in [3.05, 3.63) is 24.0 Å². The third-order valence-corrected chi connectivity index (χ3v) is 3.35. The van der Waals surface area contributed by atoms with Crippen molar-refractivity contribution in [2.75, 3.05) is 0 Å². The molecule has 0 aliphatic heterocycles. The molecular formula is C13H18BFO3. The third kappa shape index (κ3) is 3.46. The molecule has 3 nitrogen and oxygen atoms in total. The second-order valence-corrected chi connectivity index (χ2v) is 4.79. The van der Waals surface area contributed by atoms with E-state index in [9.17, 15) is 14.4 Å². The predicted octanol–water partition coefficient (Wildman–Crippen LogP) is 1.61. The van der Waals surface area contributed by atoms with Gasteiger partial charge in [-0.05, 0) is 31.7 Å². The van der Waals surface area contributed by atoms with E-state index in [0.717, 1.165) is 25.7 Å². The molecule has 2 rings (SSSR count). The molecule has 0 atom stereocenters. The van der Waals surface area contributed by atoms with Crippen LogP contribution in [0.4, 0.5) is 4.39 Å². The average molecular weight is 252 g/mol. The number of hydrogen-bond acceptors (Lipinski definition) is 3. The molecule has 5 heteroatoms. The summed E-state index contributed by atoms with van der Waals surface area (Å²) in [6.45, 7) is 0. The predicted molar refractivity (Wildman–Crippen MR) is 68.3 cm³/mol. The van der Waals surface area contributed by atoms with Gasteiger partial charge in [-0.3, -0.25) is 0 Å². The topological polar surface area (TPSA) is 49.7 Å². The van der Waals surface area contributed by atoms with Gasteiger partial charge in [0.05, 0.1) is 6.10 Å². The molecule has 98 valence electrons. The van der Waals surface area contributed by atoms with Crippen molar-refractivity contribution in [3.8, 4) is 5.75 Å². The first-order chi connectivity index (χ1) is 8.66. The van der Waals surface area contributed by atoms with Crippen molar-refractivity contribution in [1.29, 1.82) is 0 Å². The van der Waals surface area contributed by atoms with Crippen LogP contribution >= 0.6 is 0 Å². The molecule has 1 aliphatic rings. The van der Waals surface area contributed by atoms with Gasteiger partial charge in [0.1, 0.15) is 11.6 Å². The molecule has 0 aromatic heterocycles. The highest BCUT2D eigenvalue weighted by Gasteiger charge is 2.21. The summed E-state index contributed by atoms with van der Waals surface area (Å²) in [7, 11) is -1.63. The zero-order chi connectivity index (χ0) is 13.0. The quantitative estimate of drug-likeness (QED) is 0.634. The van der Waals surface area contributed by atoms with Gasteiger partial charge in [0.15, 0.2) is 0 Å². The lowest BCUT2D eigenvalue weighted by Crippen LogP contribution is -2.33. The first kappa shape index (κ1) is 13.4. The van der Waals surface area contributed by atoms with Crippen LogP contribution in [0.15, 0.2) is 18.2 Å². The minimum absolute atomic E-state index is 0.0480. The van der Waals surface area contributed by atoms with Crippen molar-refractivity contribution in [2.45, 2.75) is 44.6 Å². The highest BCUT2D eigenvalue weighted by Crippen LogP contribution is 2.22. The fraction of sp³-hybridized carbons (Fsp3) is 0.538. The van der Waals surface area contributed by atoms with Gasteiger partial charge >= 0.3 is 7.12 Å². The highest BCUT2D eigenvalue weighted by molar-refractivity contribution is 6.59. The number of rotatable bonds is 3. The Bertz CT molecular complexity index is 390. The lowest BCUT2D eigenvalue weighted by Gasteiger charge is -2.19. The molecule has 2 N–H and O–H groups in total. The van der Waals surface area contributed by atoms with Crippen molar-refractivity contribution in [1.82, 2.24) is 0 Å². The maximum Gasteiger partial charge on any atom is 0.492 e. The van der Waals surface area contributed by atoms with Gasteiger partial charge in [-0.1, -0.05) is 18.9 Å². The molecule has 0 unspecified atom stereocenters. The monoisotopic (exact) mass is 252 g/mol. The van der Waals surface area contributed by atoms with Crippen LogP contribution in [0.25, 0.3) is 0 Å². The Balaban J connectivity index is 2.13. The summed E-state index contributed by atoms with van der Waals surface area (Å²) in [4.78, 5) is 0. The number of ether oxygens (including phenoxy) is 1. The molecule has 0 bridgehead atoms. The maximum absolute atomic E-state index is 13.2. The summed E-state index contributed by atoms with van der Waals surface area (Å²) < 4.78 is 19.0. The van der Waals surface area contributed by atoms with Gasteiger partial charge in [-0.15, -0.1) is 0 Å². The van der Waals surface area contributed by atoms with E-state index in [-0.39, 0.29) is 17.3 Å². The summed E-state index contributed by atoms with van der Waals surface area (Å²) in [6.07, 6.45) is 6.56. The van der Waals surface area contributed by atoms with Crippen molar-refractivity contribution < 1.29 is 19.2 Å². The Labute approximate surface area is 107 Å². The Morgan fingerprint density at radius 2 is 1.78 bits per heavy atom. The summed E-state index contributed by atoms with van der Waals surface area (Å²) in [6, 6.07) is 3.78. The van der Waals surface area contributed by atoms with Crippen molar-refractivity contribution in [2.24, 2.45) is 0 Å². The average Bonchev–Trinajstić information content (AvgIpc) is 2.57. The first-order valence-electron chi connectivity index (χ1n) is 6.49. The van der Waals surface area contributed by atoms with Crippen LogP contribution in [0, 0.1) is 5.82 Å². The van der Waals surface area contributed by atoms with Crippen molar-refractivity contribution >= 4 is 12.6 Å². The van der Waals surface area contributed by atoms with Gasteiger partial charge in [0.25, 0.3) is 0 Å². The van der Waals surface area contributed by atoms with Crippen LogP contribution in [-0.4, -0.2) is 23.3 Å². The summed E-state index contributed by atoms with van der Waals surface area (Å²) in [5.74, 6) is -0.181. The second kappa shape index (κ2) is 6.20. The van der Waals surface area contributed by atoms with E-state index in [1.54, 1.807) is 0 Å². The maximum atomic E-state index is 13.2. The standard InChI is InChI=1S/C13H18BFO3/c15-10-7-8-12(14(16)17)13(9-10)18-11-5-3-1-2-4-6-11/h7-9,11,16-17H,1-6H2. The molecule has 1 aliphatic carbocycles. The van der Waals surface area contributed by atoms with Crippen LogP contribution in [0.2, 0.25) is 0 Å². The normalized spacial score (nSPS) is 17.3. The van der Waals surface area contributed by atoms with E-state index in [2.05, 4.69) is 0 Å². The van der Waals surface area contributed by atoms with E-state index in [1.807, 2.05) is 0 Å². The smallest absolute Gasteiger partial charge is 0.491 e. The van der Waals surface area contributed by atoms with Crippen LogP contribution in [0.1, 0.15) is 38.5 Å². The van der Waals surface area contributed by atoms with E-state index in [1.165, 1.54) is 31.0 Å².